The van der Waals surface area contributed by atoms with Crippen molar-refractivity contribution in [2.75, 3.05) is 32.3 Å². The minimum absolute atomic E-state index is 0.00593. The van der Waals surface area contributed by atoms with Gasteiger partial charge in [0.05, 0.1) is 14.2 Å². The second-order valence-electron chi connectivity index (χ2n) is 11.0. The lowest BCUT2D eigenvalue weighted by atomic mass is 10.1. The summed E-state index contributed by atoms with van der Waals surface area (Å²) in [5.41, 5.74) is 4.79. The number of hydrogen-bond donors (Lipinski definition) is 2. The molecule has 0 bridgehead atoms. The molecule has 0 aliphatic heterocycles. The molecule has 0 fully saturated rings. The van der Waals surface area contributed by atoms with Crippen LogP contribution in [0.1, 0.15) is 98.3 Å². The third kappa shape index (κ3) is 19.5. The highest BCUT2D eigenvalue weighted by molar-refractivity contribution is 7.99. The van der Waals surface area contributed by atoms with Crippen LogP contribution in [0.5, 0.6) is 0 Å². The van der Waals surface area contributed by atoms with E-state index in [2.05, 4.69) is 27.8 Å². The molecule has 0 spiro atoms. The molecule has 0 aromatic carbocycles. The molecule has 2 unspecified atom stereocenters. The quantitative estimate of drug-likeness (QED) is 0.0816. The van der Waals surface area contributed by atoms with E-state index in [9.17, 15) is 24.0 Å². The molecule has 0 heterocycles. The van der Waals surface area contributed by atoms with Gasteiger partial charge in [-0.1, -0.05) is 64.0 Å². The van der Waals surface area contributed by atoms with Gasteiger partial charge in [-0.25, -0.2) is 9.69 Å². The number of nitrogens with zero attached hydrogens (tertiary/aromatic N) is 1. The minimum Gasteiger partial charge on any atom is -0.468 e. The summed E-state index contributed by atoms with van der Waals surface area (Å²) < 4.78 is 14.6. The van der Waals surface area contributed by atoms with Crippen molar-refractivity contribution in [3.8, 4) is 0 Å². The van der Waals surface area contributed by atoms with E-state index in [1.54, 1.807) is 20.8 Å². The predicted octanol–water partition coefficient (Wildman–Crippen LogP) is 4.51. The maximum absolute atomic E-state index is 13.5. The maximum atomic E-state index is 13.5. The van der Waals surface area contributed by atoms with E-state index >= 15 is 0 Å². The van der Waals surface area contributed by atoms with Gasteiger partial charge in [-0.3, -0.25) is 19.2 Å². The summed E-state index contributed by atoms with van der Waals surface area (Å²) in [6, 6.07) is -2.14. The fourth-order valence-corrected chi connectivity index (χ4v) is 4.63. The molecule has 0 aromatic rings. The van der Waals surface area contributed by atoms with E-state index < -0.39 is 54.1 Å². The Bertz CT molecular complexity index is 860. The van der Waals surface area contributed by atoms with Crippen LogP contribution in [-0.2, 0) is 33.4 Å². The van der Waals surface area contributed by atoms with E-state index in [1.165, 1.54) is 63.8 Å². The van der Waals surface area contributed by atoms with Gasteiger partial charge in [0.1, 0.15) is 24.2 Å². The molecule has 12 heteroatoms. The second kappa shape index (κ2) is 22.9. The zero-order valence-electron chi connectivity index (χ0n) is 26.4. The Labute approximate surface area is 256 Å². The Kier molecular flexibility index (Phi) is 21.5. The van der Waals surface area contributed by atoms with Gasteiger partial charge in [0.15, 0.2) is 0 Å². The largest absolute Gasteiger partial charge is 0.468 e. The summed E-state index contributed by atoms with van der Waals surface area (Å²) in [5.74, 6) is -2.10. The lowest BCUT2D eigenvalue weighted by molar-refractivity contribution is -0.147. The van der Waals surface area contributed by atoms with Gasteiger partial charge in [0, 0.05) is 17.9 Å². The Hall–Kier alpha value is -2.60. The van der Waals surface area contributed by atoms with Gasteiger partial charge in [-0.2, -0.15) is 11.8 Å². The van der Waals surface area contributed by atoms with Crippen LogP contribution in [0, 0.1) is 0 Å². The number of thioether (sulfide) groups is 1. The van der Waals surface area contributed by atoms with Crippen molar-refractivity contribution in [1.29, 1.82) is 0 Å². The Morgan fingerprint density at radius 2 is 1.55 bits per heavy atom. The van der Waals surface area contributed by atoms with E-state index in [0.29, 0.717) is 10.7 Å². The lowest BCUT2D eigenvalue weighted by Gasteiger charge is -2.28. The number of methoxy groups -OCH3 is 2. The molecule has 0 aliphatic carbocycles. The summed E-state index contributed by atoms with van der Waals surface area (Å²) in [5, 5.41) is 2.62. The highest BCUT2D eigenvalue weighted by Gasteiger charge is 2.34. The van der Waals surface area contributed by atoms with E-state index in [4.69, 9.17) is 10.5 Å². The molecule has 242 valence electrons. The van der Waals surface area contributed by atoms with Crippen molar-refractivity contribution < 1.29 is 38.2 Å². The average Bonchev–Trinajstić information content (AvgIpc) is 2.94. The van der Waals surface area contributed by atoms with Crippen molar-refractivity contribution in [2.45, 2.75) is 116 Å². The van der Waals surface area contributed by atoms with Crippen molar-refractivity contribution in [2.24, 2.45) is 5.73 Å². The molecule has 0 saturated heterocycles. The number of rotatable bonds is 21. The Morgan fingerprint density at radius 1 is 0.929 bits per heavy atom. The molecular weight excluding hydrogens is 562 g/mol. The fourth-order valence-electron chi connectivity index (χ4n) is 3.76. The first kappa shape index (κ1) is 39.4. The molecule has 42 heavy (non-hydrogen) atoms. The van der Waals surface area contributed by atoms with Gasteiger partial charge >= 0.3 is 18.0 Å². The van der Waals surface area contributed by atoms with Crippen LogP contribution in [0.4, 0.5) is 4.79 Å². The Balaban J connectivity index is 5.22. The lowest BCUT2D eigenvalue weighted by Crippen LogP contribution is -2.54. The molecule has 0 saturated carbocycles. The fraction of sp³-hybridized carbons (Fsp3) is 0.767. The highest BCUT2D eigenvalue weighted by atomic mass is 32.2. The van der Waals surface area contributed by atoms with Gasteiger partial charge < -0.3 is 25.3 Å². The molecule has 0 aromatic heterocycles. The van der Waals surface area contributed by atoms with Crippen molar-refractivity contribution in [3.05, 3.63) is 12.2 Å². The average molecular weight is 616 g/mol. The first-order valence-corrected chi connectivity index (χ1v) is 16.0. The Morgan fingerprint density at radius 3 is 2.12 bits per heavy atom. The SMILES string of the molecule is CCCCCCCCCCC=CCSCC(NC(=O)CCC(N)C(=O)OC)C(=O)N(CC(=O)OC)C(=O)OC(C)(C)C. The zero-order chi connectivity index (χ0) is 32.0. The number of carbonyl (C=O) groups excluding carboxylic acids is 5. The third-order valence-corrected chi connectivity index (χ3v) is 7.10. The molecular formula is C30H53N3O8S. The summed E-state index contributed by atoms with van der Waals surface area (Å²) >= 11 is 1.39. The number of esters is 2. The predicted molar refractivity (Wildman–Crippen MR) is 165 cm³/mol. The normalized spacial score (nSPS) is 12.8. The maximum Gasteiger partial charge on any atom is 0.417 e. The number of imide groups is 1. The molecule has 3 N–H and O–H groups in total. The van der Waals surface area contributed by atoms with Crippen LogP contribution in [0.15, 0.2) is 12.2 Å². The van der Waals surface area contributed by atoms with Gasteiger partial charge in [0.25, 0.3) is 5.91 Å². The number of unbranched alkanes of at least 4 members (excludes halogenated alkanes) is 8. The molecule has 3 amide bonds. The van der Waals surface area contributed by atoms with Gasteiger partial charge in [-0.05, 0) is 40.0 Å². The van der Waals surface area contributed by atoms with E-state index in [-0.39, 0.29) is 18.6 Å². The number of nitrogens with one attached hydrogen (secondary N) is 1. The number of carbonyl (C=O) groups is 5. The molecule has 11 nitrogen and oxygen atoms in total. The molecule has 2 atom stereocenters. The van der Waals surface area contributed by atoms with Crippen molar-refractivity contribution in [1.82, 2.24) is 10.2 Å². The summed E-state index contributed by atoms with van der Waals surface area (Å²) in [6.45, 7) is 6.43. The van der Waals surface area contributed by atoms with Crippen LogP contribution < -0.4 is 11.1 Å². The minimum atomic E-state index is -1.14. The molecule has 0 aliphatic rings. The van der Waals surface area contributed by atoms with Crippen LogP contribution in [0.2, 0.25) is 0 Å². The summed E-state index contributed by atoms with van der Waals surface area (Å²) in [4.78, 5) is 63.2. The number of nitrogens with two attached hydrogens (primary N) is 1. The zero-order valence-corrected chi connectivity index (χ0v) is 27.2. The smallest absolute Gasteiger partial charge is 0.417 e. The molecule has 0 rings (SSSR count). The van der Waals surface area contributed by atoms with Crippen LogP contribution >= 0.6 is 11.8 Å². The summed E-state index contributed by atoms with van der Waals surface area (Å²) in [7, 11) is 2.34. The van der Waals surface area contributed by atoms with E-state index in [0.717, 1.165) is 20.0 Å². The summed E-state index contributed by atoms with van der Waals surface area (Å²) in [6.07, 6.45) is 14.0. The topological polar surface area (TPSA) is 154 Å². The number of hydrogen-bond acceptors (Lipinski definition) is 10. The van der Waals surface area contributed by atoms with Gasteiger partial charge in [-0.15, -0.1) is 0 Å². The monoisotopic (exact) mass is 615 g/mol. The first-order valence-electron chi connectivity index (χ1n) is 14.8. The van der Waals surface area contributed by atoms with Crippen LogP contribution in [-0.4, -0.2) is 84.7 Å². The number of amides is 3. The first-order chi connectivity index (χ1) is 19.9. The standard InChI is InChI=1S/C30H53N3O8S/c1-7-8-9-10-11-12-13-14-15-16-17-20-42-22-24(32-25(34)19-18-23(31)28(37)40-6)27(36)33(21-26(35)39-5)29(38)41-30(2,3)4/h16-17,23-24H,7-15,18-22,31H2,1-6H3,(H,32,34). The van der Waals surface area contributed by atoms with E-state index in [1.807, 2.05) is 6.08 Å². The molecule has 0 radical (unpaired) electrons. The third-order valence-electron chi connectivity index (χ3n) is 6.10. The number of allylic oxidation sites excluding steroid dienone is 1. The highest BCUT2D eigenvalue weighted by Crippen LogP contribution is 2.14. The second-order valence-corrected chi connectivity index (χ2v) is 12.1. The van der Waals surface area contributed by atoms with Crippen LogP contribution in [0.3, 0.4) is 0 Å². The van der Waals surface area contributed by atoms with Crippen molar-refractivity contribution in [3.63, 3.8) is 0 Å². The van der Waals surface area contributed by atoms with Crippen molar-refractivity contribution >= 4 is 41.6 Å². The van der Waals surface area contributed by atoms with Gasteiger partial charge in [0.2, 0.25) is 5.91 Å². The van der Waals surface area contributed by atoms with Crippen LogP contribution in [0.25, 0.3) is 0 Å². The number of ether oxygens (including phenoxy) is 3.